The summed E-state index contributed by atoms with van der Waals surface area (Å²) >= 11 is 7.19. The van der Waals surface area contributed by atoms with Crippen LogP contribution in [0.25, 0.3) is 0 Å². The van der Waals surface area contributed by atoms with Crippen LogP contribution in [0.5, 0.6) is 0 Å². The van der Waals surface area contributed by atoms with Gasteiger partial charge in [-0.15, -0.1) is 10.2 Å². The van der Waals surface area contributed by atoms with Crippen molar-refractivity contribution in [1.29, 1.82) is 0 Å². The van der Waals surface area contributed by atoms with E-state index in [-0.39, 0.29) is 0 Å². The molecule has 6 heteroatoms. The fourth-order valence-electron chi connectivity index (χ4n) is 1.69. The molecular formula is C9H14ClN3OS. The van der Waals surface area contributed by atoms with E-state index < -0.39 is 0 Å². The fraction of sp³-hybridized carbons (Fsp3) is 0.778. The zero-order chi connectivity index (χ0) is 10.7. The average molecular weight is 248 g/mol. The molecule has 84 valence electrons. The van der Waals surface area contributed by atoms with Gasteiger partial charge in [-0.3, -0.25) is 4.90 Å². The Morgan fingerprint density at radius 1 is 1.60 bits per heavy atom. The van der Waals surface area contributed by atoms with Crippen molar-refractivity contribution in [2.75, 3.05) is 26.3 Å². The van der Waals surface area contributed by atoms with Crippen LogP contribution in [0.1, 0.15) is 11.9 Å². The minimum absolute atomic E-state index is 0.518. The lowest BCUT2D eigenvalue weighted by Crippen LogP contribution is -2.28. The molecule has 1 aliphatic heterocycles. The molecular weight excluding hydrogens is 234 g/mol. The molecule has 0 aliphatic carbocycles. The van der Waals surface area contributed by atoms with Crippen molar-refractivity contribution in [3.63, 3.8) is 0 Å². The van der Waals surface area contributed by atoms with Crippen molar-refractivity contribution in [3.05, 3.63) is 9.47 Å². The standard InChI is InChI=1S/C9H14ClN3OS/c1-7-4-13(2-3-14-6-7)5-8-11-12-9(10)15-8/h7H,2-6H2,1H3. The molecule has 15 heavy (non-hydrogen) atoms. The van der Waals surface area contributed by atoms with E-state index in [9.17, 15) is 0 Å². The maximum Gasteiger partial charge on any atom is 0.207 e. The van der Waals surface area contributed by atoms with Gasteiger partial charge in [-0.2, -0.15) is 0 Å². The third kappa shape index (κ3) is 3.38. The van der Waals surface area contributed by atoms with Crippen LogP contribution in [0.4, 0.5) is 0 Å². The summed E-state index contributed by atoms with van der Waals surface area (Å²) in [5.74, 6) is 0.580. The molecule has 2 rings (SSSR count). The molecule has 1 unspecified atom stereocenters. The van der Waals surface area contributed by atoms with E-state index in [4.69, 9.17) is 16.3 Å². The number of hydrogen-bond donors (Lipinski definition) is 0. The highest BCUT2D eigenvalue weighted by Crippen LogP contribution is 2.17. The molecule has 0 amide bonds. The van der Waals surface area contributed by atoms with Crippen LogP contribution in [0.3, 0.4) is 0 Å². The number of nitrogens with zero attached hydrogens (tertiary/aromatic N) is 3. The Bertz CT molecular complexity index is 320. The summed E-state index contributed by atoms with van der Waals surface area (Å²) in [6.07, 6.45) is 0. The number of hydrogen-bond acceptors (Lipinski definition) is 5. The highest BCUT2D eigenvalue weighted by Gasteiger charge is 2.16. The number of ether oxygens (including phenoxy) is 1. The third-order valence-electron chi connectivity index (χ3n) is 2.33. The van der Waals surface area contributed by atoms with Crippen molar-refractivity contribution in [2.24, 2.45) is 5.92 Å². The van der Waals surface area contributed by atoms with E-state index >= 15 is 0 Å². The minimum Gasteiger partial charge on any atom is -0.380 e. The second-order valence-corrected chi connectivity index (χ2v) is 5.51. The van der Waals surface area contributed by atoms with Gasteiger partial charge in [0.05, 0.1) is 19.8 Å². The Labute approximate surface area is 98.2 Å². The number of halogens is 1. The Balaban J connectivity index is 1.92. The Morgan fingerprint density at radius 2 is 2.47 bits per heavy atom. The summed E-state index contributed by atoms with van der Waals surface area (Å²) in [4.78, 5) is 2.34. The predicted molar refractivity (Wildman–Crippen MR) is 60.2 cm³/mol. The first-order valence-electron chi connectivity index (χ1n) is 5.02. The first kappa shape index (κ1) is 11.3. The van der Waals surface area contributed by atoms with E-state index in [1.54, 1.807) is 0 Å². The maximum atomic E-state index is 5.74. The third-order valence-corrected chi connectivity index (χ3v) is 3.33. The molecule has 2 heterocycles. The molecule has 0 aromatic carbocycles. The lowest BCUT2D eigenvalue weighted by molar-refractivity contribution is 0.125. The molecule has 0 spiro atoms. The SMILES string of the molecule is CC1COCCN(Cc2nnc(Cl)s2)C1. The topological polar surface area (TPSA) is 38.2 Å². The van der Waals surface area contributed by atoms with Crippen molar-refractivity contribution >= 4 is 22.9 Å². The molecule has 4 nitrogen and oxygen atoms in total. The smallest absolute Gasteiger partial charge is 0.207 e. The molecule has 1 aliphatic rings. The van der Waals surface area contributed by atoms with E-state index in [0.29, 0.717) is 10.4 Å². The van der Waals surface area contributed by atoms with Gasteiger partial charge < -0.3 is 4.74 Å². The van der Waals surface area contributed by atoms with Crippen LogP contribution in [0, 0.1) is 5.92 Å². The highest BCUT2D eigenvalue weighted by molar-refractivity contribution is 7.15. The largest absolute Gasteiger partial charge is 0.380 e. The van der Waals surface area contributed by atoms with Crippen LogP contribution in [0.15, 0.2) is 0 Å². The van der Waals surface area contributed by atoms with E-state index in [0.717, 1.165) is 37.9 Å². The summed E-state index contributed by atoms with van der Waals surface area (Å²) in [6, 6.07) is 0. The van der Waals surface area contributed by atoms with Gasteiger partial charge in [0, 0.05) is 13.1 Å². The molecule has 0 N–H and O–H groups in total. The Morgan fingerprint density at radius 3 is 3.20 bits per heavy atom. The van der Waals surface area contributed by atoms with E-state index in [1.807, 2.05) is 0 Å². The van der Waals surface area contributed by atoms with Crippen LogP contribution in [-0.4, -0.2) is 41.4 Å². The van der Waals surface area contributed by atoms with Gasteiger partial charge in [-0.05, 0) is 17.5 Å². The Hall–Kier alpha value is -0.230. The minimum atomic E-state index is 0.518. The summed E-state index contributed by atoms with van der Waals surface area (Å²) in [5, 5.41) is 8.80. The molecule has 1 aromatic heterocycles. The molecule has 1 fully saturated rings. The van der Waals surface area contributed by atoms with Crippen LogP contribution >= 0.6 is 22.9 Å². The zero-order valence-corrected chi connectivity index (χ0v) is 10.2. The van der Waals surface area contributed by atoms with Crippen LogP contribution in [0.2, 0.25) is 4.47 Å². The average Bonchev–Trinajstić information content (AvgIpc) is 2.46. The molecule has 0 saturated carbocycles. The number of aromatic nitrogens is 2. The molecule has 0 bridgehead atoms. The second-order valence-electron chi connectivity index (χ2n) is 3.86. The molecule has 1 saturated heterocycles. The van der Waals surface area contributed by atoms with Crippen molar-refractivity contribution in [3.8, 4) is 0 Å². The quantitative estimate of drug-likeness (QED) is 0.797. The van der Waals surface area contributed by atoms with Crippen LogP contribution in [-0.2, 0) is 11.3 Å². The lowest BCUT2D eigenvalue weighted by Gasteiger charge is -2.19. The van der Waals surface area contributed by atoms with Gasteiger partial charge in [0.15, 0.2) is 0 Å². The summed E-state index contributed by atoms with van der Waals surface area (Å²) in [7, 11) is 0. The highest BCUT2D eigenvalue weighted by atomic mass is 35.5. The molecule has 0 radical (unpaired) electrons. The zero-order valence-electron chi connectivity index (χ0n) is 8.65. The first-order chi connectivity index (χ1) is 7.24. The fourth-order valence-corrected chi connectivity index (χ4v) is 2.60. The van der Waals surface area contributed by atoms with Gasteiger partial charge >= 0.3 is 0 Å². The predicted octanol–water partition coefficient (Wildman–Crippen LogP) is 1.66. The monoisotopic (exact) mass is 247 g/mol. The van der Waals surface area contributed by atoms with Crippen molar-refractivity contribution < 1.29 is 4.74 Å². The van der Waals surface area contributed by atoms with Gasteiger partial charge in [0.1, 0.15) is 5.01 Å². The second kappa shape index (κ2) is 5.21. The normalized spacial score (nSPS) is 24.0. The lowest BCUT2D eigenvalue weighted by atomic mass is 10.2. The van der Waals surface area contributed by atoms with Crippen molar-refractivity contribution in [1.82, 2.24) is 15.1 Å². The Kier molecular flexibility index (Phi) is 3.91. The van der Waals surface area contributed by atoms with Gasteiger partial charge in [0.25, 0.3) is 0 Å². The molecule has 1 aromatic rings. The van der Waals surface area contributed by atoms with Gasteiger partial charge in [-0.25, -0.2) is 0 Å². The summed E-state index contributed by atoms with van der Waals surface area (Å²) in [6.45, 7) is 6.70. The summed E-state index contributed by atoms with van der Waals surface area (Å²) < 4.78 is 6.00. The van der Waals surface area contributed by atoms with E-state index in [1.165, 1.54) is 11.3 Å². The maximum absolute atomic E-state index is 5.74. The number of rotatable bonds is 2. The van der Waals surface area contributed by atoms with Gasteiger partial charge in [0.2, 0.25) is 4.47 Å². The molecule has 1 atom stereocenters. The van der Waals surface area contributed by atoms with E-state index in [2.05, 4.69) is 22.0 Å². The van der Waals surface area contributed by atoms with Crippen molar-refractivity contribution in [2.45, 2.75) is 13.5 Å². The van der Waals surface area contributed by atoms with Crippen LogP contribution < -0.4 is 0 Å². The van der Waals surface area contributed by atoms with Gasteiger partial charge in [-0.1, -0.05) is 18.3 Å². The first-order valence-corrected chi connectivity index (χ1v) is 6.21. The summed E-state index contributed by atoms with van der Waals surface area (Å²) in [5.41, 5.74) is 0.